The third-order valence-corrected chi connectivity index (χ3v) is 4.70. The zero-order chi connectivity index (χ0) is 17.8. The maximum Gasteiger partial charge on any atom is 0.228 e. The number of rotatable bonds is 4. The van der Waals surface area contributed by atoms with Crippen molar-refractivity contribution >= 4 is 29.1 Å². The molecule has 1 aliphatic rings. The topological polar surface area (TPSA) is 49.4 Å². The Labute approximate surface area is 152 Å². The van der Waals surface area contributed by atoms with E-state index >= 15 is 0 Å². The number of hydrogen-bond donors (Lipinski definition) is 1. The number of nitrogens with zero attached hydrogens (tertiary/aromatic N) is 1. The van der Waals surface area contributed by atoms with Crippen LogP contribution >= 0.6 is 11.6 Å². The maximum atomic E-state index is 12.3. The molecule has 0 saturated carbocycles. The van der Waals surface area contributed by atoms with Crippen molar-refractivity contribution in [3.63, 3.8) is 0 Å². The molecule has 4 nitrogen and oxygen atoms in total. The van der Waals surface area contributed by atoms with Crippen molar-refractivity contribution in [2.45, 2.75) is 32.2 Å². The van der Waals surface area contributed by atoms with Gasteiger partial charge in [0.25, 0.3) is 0 Å². The molecule has 0 bridgehead atoms. The van der Waals surface area contributed by atoms with Gasteiger partial charge in [-0.25, -0.2) is 0 Å². The van der Waals surface area contributed by atoms with Crippen LogP contribution in [-0.4, -0.2) is 23.3 Å². The van der Waals surface area contributed by atoms with Crippen LogP contribution in [0.3, 0.4) is 0 Å². The molecule has 25 heavy (non-hydrogen) atoms. The Hall–Kier alpha value is -2.33. The first kappa shape index (κ1) is 17.5. The summed E-state index contributed by atoms with van der Waals surface area (Å²) in [6.45, 7) is 2.42. The molecule has 130 valence electrons. The van der Waals surface area contributed by atoms with Gasteiger partial charge in [0, 0.05) is 24.2 Å². The summed E-state index contributed by atoms with van der Waals surface area (Å²) in [7, 11) is 0. The zero-order valence-corrected chi connectivity index (χ0v) is 14.9. The minimum atomic E-state index is -0.0886. The fourth-order valence-electron chi connectivity index (χ4n) is 3.36. The van der Waals surface area contributed by atoms with Gasteiger partial charge in [-0.15, -0.1) is 0 Å². The van der Waals surface area contributed by atoms with Crippen molar-refractivity contribution in [3.8, 4) is 0 Å². The smallest absolute Gasteiger partial charge is 0.228 e. The van der Waals surface area contributed by atoms with Gasteiger partial charge in [0.05, 0.1) is 12.5 Å². The van der Waals surface area contributed by atoms with E-state index in [9.17, 15) is 9.59 Å². The first-order valence-electron chi connectivity index (χ1n) is 8.44. The highest BCUT2D eigenvalue weighted by molar-refractivity contribution is 6.30. The standard InChI is InChI=1S/C20H21ClN2O2/c1-14(24)23-10-4-9-19(23)16-6-2-5-15(11-16)12-20(25)22-18-8-3-7-17(21)13-18/h2-3,5-8,11,13,19H,4,9-10,12H2,1H3,(H,22,25)/t19-/m0/s1. The summed E-state index contributed by atoms with van der Waals surface area (Å²) in [5, 5.41) is 3.45. The van der Waals surface area contributed by atoms with Crippen molar-refractivity contribution in [2.75, 3.05) is 11.9 Å². The minimum Gasteiger partial charge on any atom is -0.336 e. The molecule has 0 aliphatic carbocycles. The summed E-state index contributed by atoms with van der Waals surface area (Å²) in [5.74, 6) is 0.0147. The highest BCUT2D eigenvalue weighted by atomic mass is 35.5. The van der Waals surface area contributed by atoms with Gasteiger partial charge in [-0.05, 0) is 42.2 Å². The van der Waals surface area contributed by atoms with E-state index in [1.165, 1.54) is 0 Å². The van der Waals surface area contributed by atoms with Crippen LogP contribution in [0.15, 0.2) is 48.5 Å². The number of likely N-dealkylation sites (tertiary alicyclic amines) is 1. The second kappa shape index (κ2) is 7.70. The maximum absolute atomic E-state index is 12.3. The highest BCUT2D eigenvalue weighted by Gasteiger charge is 2.27. The second-order valence-electron chi connectivity index (χ2n) is 6.35. The average molecular weight is 357 g/mol. The molecule has 1 heterocycles. The van der Waals surface area contributed by atoms with E-state index in [1.54, 1.807) is 25.1 Å². The van der Waals surface area contributed by atoms with Crippen molar-refractivity contribution in [3.05, 3.63) is 64.7 Å². The third kappa shape index (κ3) is 4.40. The Morgan fingerprint density at radius 3 is 2.76 bits per heavy atom. The van der Waals surface area contributed by atoms with Crippen LogP contribution in [0, 0.1) is 0 Å². The van der Waals surface area contributed by atoms with E-state index in [2.05, 4.69) is 5.32 Å². The fourth-order valence-corrected chi connectivity index (χ4v) is 3.55. The molecule has 1 saturated heterocycles. The minimum absolute atomic E-state index is 0.0886. The highest BCUT2D eigenvalue weighted by Crippen LogP contribution is 2.32. The van der Waals surface area contributed by atoms with Crippen LogP contribution in [-0.2, 0) is 16.0 Å². The molecule has 0 spiro atoms. The number of carbonyl (C=O) groups is 2. The molecule has 1 N–H and O–H groups in total. The van der Waals surface area contributed by atoms with E-state index in [0.29, 0.717) is 10.7 Å². The molecule has 2 amide bonds. The van der Waals surface area contributed by atoms with Gasteiger partial charge in [-0.3, -0.25) is 9.59 Å². The molecule has 3 rings (SSSR count). The number of benzene rings is 2. The summed E-state index contributed by atoms with van der Waals surface area (Å²) < 4.78 is 0. The summed E-state index contributed by atoms with van der Waals surface area (Å²) >= 11 is 5.94. The predicted octanol–water partition coefficient (Wildman–Crippen LogP) is 4.20. The van der Waals surface area contributed by atoms with E-state index < -0.39 is 0 Å². The summed E-state index contributed by atoms with van der Waals surface area (Å²) in [6.07, 6.45) is 2.27. The van der Waals surface area contributed by atoms with Crippen LogP contribution in [0.5, 0.6) is 0 Å². The summed E-state index contributed by atoms with van der Waals surface area (Å²) in [5.41, 5.74) is 2.72. The van der Waals surface area contributed by atoms with Crippen LogP contribution in [0.4, 0.5) is 5.69 Å². The zero-order valence-electron chi connectivity index (χ0n) is 14.2. The van der Waals surface area contributed by atoms with Crippen LogP contribution < -0.4 is 5.32 Å². The monoisotopic (exact) mass is 356 g/mol. The lowest BCUT2D eigenvalue weighted by molar-refractivity contribution is -0.129. The predicted molar refractivity (Wildman–Crippen MR) is 99.6 cm³/mol. The quantitative estimate of drug-likeness (QED) is 0.892. The van der Waals surface area contributed by atoms with Gasteiger partial charge < -0.3 is 10.2 Å². The van der Waals surface area contributed by atoms with Gasteiger partial charge >= 0.3 is 0 Å². The number of carbonyl (C=O) groups excluding carboxylic acids is 2. The van der Waals surface area contributed by atoms with Gasteiger partial charge in [-0.2, -0.15) is 0 Å². The lowest BCUT2D eigenvalue weighted by atomic mass is 10.0. The molecule has 0 unspecified atom stereocenters. The largest absolute Gasteiger partial charge is 0.336 e. The van der Waals surface area contributed by atoms with Crippen LogP contribution in [0.25, 0.3) is 0 Å². The first-order valence-corrected chi connectivity index (χ1v) is 8.82. The molecule has 0 aromatic heterocycles. The molecule has 1 fully saturated rings. The van der Waals surface area contributed by atoms with Gasteiger partial charge in [0.2, 0.25) is 11.8 Å². The number of hydrogen-bond acceptors (Lipinski definition) is 2. The van der Waals surface area contributed by atoms with E-state index in [1.807, 2.05) is 35.2 Å². The lowest BCUT2D eigenvalue weighted by Gasteiger charge is -2.24. The molecular formula is C20H21ClN2O2. The van der Waals surface area contributed by atoms with E-state index in [0.717, 1.165) is 30.5 Å². The van der Waals surface area contributed by atoms with E-state index in [4.69, 9.17) is 11.6 Å². The Morgan fingerprint density at radius 1 is 1.20 bits per heavy atom. The molecular weight excluding hydrogens is 336 g/mol. The number of amides is 2. The fraction of sp³-hybridized carbons (Fsp3) is 0.300. The Balaban J connectivity index is 1.69. The van der Waals surface area contributed by atoms with Crippen LogP contribution in [0.1, 0.15) is 36.9 Å². The summed E-state index contributed by atoms with van der Waals surface area (Å²) in [4.78, 5) is 26.0. The Bertz CT molecular complexity index is 791. The molecule has 2 aromatic carbocycles. The number of anilines is 1. The van der Waals surface area contributed by atoms with Crippen molar-refractivity contribution in [1.82, 2.24) is 4.90 Å². The average Bonchev–Trinajstić information content (AvgIpc) is 3.05. The van der Waals surface area contributed by atoms with Gasteiger partial charge in [0.15, 0.2) is 0 Å². The lowest BCUT2D eigenvalue weighted by Crippen LogP contribution is -2.28. The molecule has 1 atom stereocenters. The van der Waals surface area contributed by atoms with Crippen molar-refractivity contribution < 1.29 is 9.59 Å². The Kier molecular flexibility index (Phi) is 5.39. The molecule has 5 heteroatoms. The second-order valence-corrected chi connectivity index (χ2v) is 6.79. The molecule has 0 radical (unpaired) electrons. The Morgan fingerprint density at radius 2 is 2.00 bits per heavy atom. The van der Waals surface area contributed by atoms with Crippen molar-refractivity contribution in [1.29, 1.82) is 0 Å². The van der Waals surface area contributed by atoms with Crippen molar-refractivity contribution in [2.24, 2.45) is 0 Å². The van der Waals surface area contributed by atoms with Crippen LogP contribution in [0.2, 0.25) is 5.02 Å². The third-order valence-electron chi connectivity index (χ3n) is 4.47. The normalized spacial score (nSPS) is 16.7. The van der Waals surface area contributed by atoms with E-state index in [-0.39, 0.29) is 24.3 Å². The summed E-state index contributed by atoms with van der Waals surface area (Å²) in [6, 6.07) is 15.2. The first-order chi connectivity index (χ1) is 12.0. The van der Waals surface area contributed by atoms with Gasteiger partial charge in [-0.1, -0.05) is 41.9 Å². The molecule has 1 aliphatic heterocycles. The van der Waals surface area contributed by atoms with Gasteiger partial charge in [0.1, 0.15) is 0 Å². The number of halogens is 1. The number of nitrogens with one attached hydrogen (secondary N) is 1. The molecule has 2 aromatic rings. The SMILES string of the molecule is CC(=O)N1CCC[C@H]1c1cccc(CC(=O)Nc2cccc(Cl)c2)c1.